The van der Waals surface area contributed by atoms with E-state index >= 15 is 0 Å². The molecule has 0 bridgehead atoms. The molecule has 7 rings (SSSR count). The molecule has 2 N–H and O–H groups in total. The topological polar surface area (TPSA) is 242 Å². The van der Waals surface area contributed by atoms with Crippen molar-refractivity contribution in [3.05, 3.63) is 174 Å². The van der Waals surface area contributed by atoms with E-state index in [2.05, 4.69) is 4.99 Å². The summed E-state index contributed by atoms with van der Waals surface area (Å²) in [5.74, 6) is -3.60. The van der Waals surface area contributed by atoms with Crippen LogP contribution in [0, 0.1) is 11.6 Å². The molecule has 0 aromatic heterocycles. The minimum Gasteiger partial charge on any atom is -0.353 e. The van der Waals surface area contributed by atoms with Gasteiger partial charge in [0.25, 0.3) is 20.2 Å². The Hall–Kier alpha value is -6.76. The lowest BCUT2D eigenvalue weighted by Crippen LogP contribution is -2.39. The Bertz CT molecular complexity index is 3210. The highest BCUT2D eigenvalue weighted by Gasteiger charge is 2.35. The van der Waals surface area contributed by atoms with E-state index in [0.717, 1.165) is 72.8 Å². The maximum Gasteiger partial charge on any atom is 0.501 e. The normalized spacial score (nSPS) is 14.6. The van der Waals surface area contributed by atoms with Crippen LogP contribution in [0.5, 0.6) is 23.0 Å². The SMILES string of the molecule is O=S(=O)(Oc1ccc(F)cc1)Oc1ccccc1C1=NC(c2cccc(S(=O)(=O)O)c2)N(c2cccc(S(=O)(=O)O)c2)C(c2ccccc2OS(=O)(=O)Oc2ccc(F)cc2)=N1. The van der Waals surface area contributed by atoms with E-state index < -0.39 is 80.1 Å². The number of nitrogens with zero attached hydrogens (tertiary/aromatic N) is 3. The second-order valence-corrected chi connectivity index (χ2v) is 17.8. The van der Waals surface area contributed by atoms with Crippen molar-refractivity contribution in [2.75, 3.05) is 4.90 Å². The number of amidine groups is 2. The molecule has 1 heterocycles. The zero-order valence-electron chi connectivity index (χ0n) is 31.0. The Balaban J connectivity index is 1.44. The smallest absolute Gasteiger partial charge is 0.353 e. The Morgan fingerprint density at radius 3 is 1.52 bits per heavy atom. The van der Waals surface area contributed by atoms with E-state index in [0.29, 0.717) is 0 Å². The summed E-state index contributed by atoms with van der Waals surface area (Å²) in [5, 5.41) is 0. The molecule has 62 heavy (non-hydrogen) atoms. The fourth-order valence-corrected chi connectivity index (χ4v) is 8.37. The van der Waals surface area contributed by atoms with Gasteiger partial charge in [0, 0.05) is 5.69 Å². The molecule has 1 unspecified atom stereocenters. The van der Waals surface area contributed by atoms with Crippen molar-refractivity contribution in [1.29, 1.82) is 0 Å². The molecule has 1 atom stereocenters. The maximum absolute atomic E-state index is 13.6. The molecule has 0 saturated carbocycles. The number of benzene rings is 6. The second kappa shape index (κ2) is 16.9. The summed E-state index contributed by atoms with van der Waals surface area (Å²) in [7, 11) is -19.8. The minimum atomic E-state index is -5.03. The van der Waals surface area contributed by atoms with Gasteiger partial charge >= 0.3 is 20.8 Å². The third kappa shape index (κ3) is 10.2. The van der Waals surface area contributed by atoms with Crippen molar-refractivity contribution in [2.24, 2.45) is 9.98 Å². The molecule has 0 aliphatic carbocycles. The number of anilines is 1. The molecule has 17 nitrogen and oxygen atoms in total. The molecule has 0 saturated heterocycles. The van der Waals surface area contributed by atoms with Crippen molar-refractivity contribution >= 4 is 58.4 Å². The molecule has 0 spiro atoms. The lowest BCUT2D eigenvalue weighted by molar-refractivity contribution is 0.390. The van der Waals surface area contributed by atoms with Crippen LogP contribution in [-0.2, 0) is 41.0 Å². The van der Waals surface area contributed by atoms with Crippen molar-refractivity contribution in [3.63, 3.8) is 0 Å². The predicted molar refractivity (Wildman–Crippen MR) is 217 cm³/mol. The molecule has 0 amide bonds. The Morgan fingerprint density at radius 1 is 0.516 bits per heavy atom. The summed E-state index contributed by atoms with van der Waals surface area (Å²) >= 11 is 0. The van der Waals surface area contributed by atoms with E-state index in [1.807, 2.05) is 0 Å². The van der Waals surface area contributed by atoms with Gasteiger partial charge in [0.1, 0.15) is 29.0 Å². The van der Waals surface area contributed by atoms with Gasteiger partial charge in [0.2, 0.25) is 0 Å². The van der Waals surface area contributed by atoms with Gasteiger partial charge in [-0.15, -0.1) is 16.8 Å². The zero-order valence-corrected chi connectivity index (χ0v) is 34.2. The highest BCUT2D eigenvalue weighted by atomic mass is 32.3. The first kappa shape index (κ1) is 43.3. The van der Waals surface area contributed by atoms with E-state index in [4.69, 9.17) is 21.7 Å². The van der Waals surface area contributed by atoms with Crippen LogP contribution >= 0.6 is 0 Å². The standard InChI is InChI=1S/C39H27F2N3O14S4/c40-26-15-19-29(20-16-26)55-61(51,52)57-35-13-3-1-11-33(35)37-42-38(25-7-5-9-31(23-25)59(45,46)47)44(28-8-6-10-32(24-28)60(48,49)50)39(43-37)34-12-2-4-14-36(34)58-62(53,54)56-30-21-17-27(41)18-22-30/h1-24,38H,(H,45,46,47)(H,48,49,50). The van der Waals surface area contributed by atoms with Crippen LogP contribution in [0.15, 0.2) is 165 Å². The number of halogens is 2. The number of aliphatic imine (C=N–C) groups is 2. The monoisotopic (exact) mass is 927 g/mol. The van der Waals surface area contributed by atoms with Crippen molar-refractivity contribution < 1.29 is 68.3 Å². The first-order valence-electron chi connectivity index (χ1n) is 17.3. The summed E-state index contributed by atoms with van der Waals surface area (Å²) in [6, 6.07) is 27.9. The lowest BCUT2D eigenvalue weighted by atomic mass is 10.0. The Kier molecular flexibility index (Phi) is 11.8. The first-order valence-corrected chi connectivity index (χ1v) is 22.9. The summed E-state index contributed by atoms with van der Waals surface area (Å²) in [5.41, 5.74) is -0.489. The lowest BCUT2D eigenvalue weighted by Gasteiger charge is -2.36. The van der Waals surface area contributed by atoms with Crippen LogP contribution in [0.4, 0.5) is 14.5 Å². The largest absolute Gasteiger partial charge is 0.501 e. The summed E-state index contributed by atoms with van der Waals surface area (Å²) < 4.78 is 170. The van der Waals surface area contributed by atoms with Crippen molar-refractivity contribution in [2.45, 2.75) is 16.0 Å². The molecule has 6 aromatic rings. The van der Waals surface area contributed by atoms with Crippen molar-refractivity contribution in [3.8, 4) is 23.0 Å². The van der Waals surface area contributed by atoms with Gasteiger partial charge in [-0.1, -0.05) is 42.5 Å². The fourth-order valence-electron chi connectivity index (χ4n) is 5.83. The molecular weight excluding hydrogens is 901 g/mol. The van der Waals surface area contributed by atoms with E-state index in [1.165, 1.54) is 77.7 Å². The predicted octanol–water partition coefficient (Wildman–Crippen LogP) is 6.28. The first-order chi connectivity index (χ1) is 29.2. The van der Waals surface area contributed by atoms with Crippen LogP contribution in [0.1, 0.15) is 22.9 Å². The quantitative estimate of drug-likeness (QED) is 0.114. The molecular formula is C39H27F2N3O14S4. The average Bonchev–Trinajstić information content (AvgIpc) is 3.21. The van der Waals surface area contributed by atoms with Gasteiger partial charge in [-0.2, -0.15) is 16.8 Å². The zero-order chi connectivity index (χ0) is 44.5. The molecule has 320 valence electrons. The summed E-state index contributed by atoms with van der Waals surface area (Å²) in [6.45, 7) is 0. The molecule has 0 fully saturated rings. The van der Waals surface area contributed by atoms with Crippen molar-refractivity contribution in [1.82, 2.24) is 0 Å². The number of hydrogen-bond donors (Lipinski definition) is 2. The van der Waals surface area contributed by atoms with Gasteiger partial charge in [-0.3, -0.25) is 14.0 Å². The molecule has 6 aromatic carbocycles. The highest BCUT2D eigenvalue weighted by Crippen LogP contribution is 2.39. The average molecular weight is 928 g/mol. The van der Waals surface area contributed by atoms with E-state index in [-0.39, 0.29) is 45.5 Å². The highest BCUT2D eigenvalue weighted by molar-refractivity contribution is 7.86. The number of rotatable bonds is 14. The van der Waals surface area contributed by atoms with Gasteiger partial charge in [-0.25, -0.2) is 18.8 Å². The Labute approximate surface area is 352 Å². The van der Waals surface area contributed by atoms with Crippen LogP contribution < -0.4 is 21.6 Å². The third-order valence-electron chi connectivity index (χ3n) is 8.44. The van der Waals surface area contributed by atoms with Crippen LogP contribution in [0.2, 0.25) is 0 Å². The minimum absolute atomic E-state index is 0.0291. The van der Waals surface area contributed by atoms with Gasteiger partial charge < -0.3 is 16.7 Å². The molecule has 1 aliphatic rings. The molecule has 23 heteroatoms. The molecule has 0 radical (unpaired) electrons. The van der Waals surface area contributed by atoms with Gasteiger partial charge in [0.15, 0.2) is 23.5 Å². The maximum atomic E-state index is 13.6. The van der Waals surface area contributed by atoms with E-state index in [9.17, 15) is 51.6 Å². The number of para-hydroxylation sites is 2. The van der Waals surface area contributed by atoms with Crippen LogP contribution in [0.3, 0.4) is 0 Å². The number of hydrogen-bond acceptors (Lipinski definition) is 15. The van der Waals surface area contributed by atoms with Gasteiger partial charge in [-0.05, 0) is 109 Å². The third-order valence-corrected chi connectivity index (χ3v) is 11.7. The summed E-state index contributed by atoms with van der Waals surface area (Å²) in [4.78, 5) is 9.37. The second-order valence-electron chi connectivity index (χ2n) is 12.7. The Morgan fingerprint density at radius 2 is 0.984 bits per heavy atom. The fraction of sp³-hybridized carbons (Fsp3) is 0.0256. The molecule has 1 aliphatic heterocycles. The van der Waals surface area contributed by atoms with Gasteiger partial charge in [0.05, 0.1) is 20.9 Å². The van der Waals surface area contributed by atoms with Crippen LogP contribution in [0.25, 0.3) is 0 Å². The van der Waals surface area contributed by atoms with Crippen LogP contribution in [-0.4, -0.2) is 54.4 Å². The summed E-state index contributed by atoms with van der Waals surface area (Å²) in [6.07, 6.45) is -1.56. The van der Waals surface area contributed by atoms with E-state index in [1.54, 1.807) is 0 Å².